The molecule has 0 bridgehead atoms. The molecule has 0 fully saturated rings. The van der Waals surface area contributed by atoms with Crippen molar-refractivity contribution in [3.05, 3.63) is 26.7 Å². The van der Waals surface area contributed by atoms with Crippen LogP contribution in [0.5, 0.6) is 0 Å². The Morgan fingerprint density at radius 3 is 2.44 bits per heavy atom. The van der Waals surface area contributed by atoms with E-state index in [1.54, 1.807) is 11.8 Å². The van der Waals surface area contributed by atoms with Crippen molar-refractivity contribution in [2.75, 3.05) is 17.6 Å². The average molecular weight is 368 g/mol. The minimum atomic E-state index is 0.253. The van der Waals surface area contributed by atoms with Gasteiger partial charge >= 0.3 is 0 Å². The maximum Gasteiger partial charge on any atom is 0.161 e. The zero-order valence-electron chi connectivity index (χ0n) is 10.1. The molecular weight excluding hydrogens is 355 g/mol. The summed E-state index contributed by atoms with van der Waals surface area (Å²) >= 11 is 17.4. The first-order valence-corrected chi connectivity index (χ1v) is 8.00. The van der Waals surface area contributed by atoms with Gasteiger partial charge < -0.3 is 5.32 Å². The van der Waals surface area contributed by atoms with Gasteiger partial charge in [0.1, 0.15) is 0 Å². The summed E-state index contributed by atoms with van der Waals surface area (Å²) in [6.45, 7) is 5.23. The van der Waals surface area contributed by atoms with Gasteiger partial charge in [0.25, 0.3) is 0 Å². The van der Waals surface area contributed by atoms with Crippen LogP contribution in [0.2, 0.25) is 10.0 Å². The lowest BCUT2D eigenvalue weighted by Crippen LogP contribution is -2.27. The average Bonchev–Trinajstić information content (AvgIpc) is 2.25. The van der Waals surface area contributed by atoms with Crippen LogP contribution in [0, 0.1) is 5.41 Å². The Balaban J connectivity index is 2.18. The normalized spacial score (nSPS) is 18.4. The molecule has 2 rings (SSSR count). The van der Waals surface area contributed by atoms with Gasteiger partial charge in [0.2, 0.25) is 0 Å². The minimum Gasteiger partial charge on any atom is -0.333 e. The quantitative estimate of drug-likeness (QED) is 0.728. The number of rotatable bonds is 1. The molecule has 0 radical (unpaired) electrons. The standard InChI is InChI=1S/C12H13BrCl2N2S/c1-12(2)5-16-11(18-6-12)17-10-8(14)3-7(13)4-9(10)15/h3-4H,5-6H2,1-2H3,(H,16,17). The molecular formula is C12H13BrCl2N2S. The first kappa shape index (κ1) is 14.5. The minimum absolute atomic E-state index is 0.253. The van der Waals surface area contributed by atoms with Gasteiger partial charge in [-0.1, -0.05) is 64.7 Å². The number of thioether (sulfide) groups is 1. The molecule has 1 aromatic rings. The first-order valence-electron chi connectivity index (χ1n) is 5.46. The first-order chi connectivity index (χ1) is 8.37. The van der Waals surface area contributed by atoms with Gasteiger partial charge in [0.05, 0.1) is 15.7 Å². The summed E-state index contributed by atoms with van der Waals surface area (Å²) in [6, 6.07) is 3.63. The van der Waals surface area contributed by atoms with Crippen LogP contribution >= 0.6 is 50.9 Å². The second-order valence-electron chi connectivity index (χ2n) is 4.94. The summed E-state index contributed by atoms with van der Waals surface area (Å²) in [4.78, 5) is 4.52. The monoisotopic (exact) mass is 366 g/mol. The van der Waals surface area contributed by atoms with E-state index in [4.69, 9.17) is 23.2 Å². The highest BCUT2D eigenvalue weighted by Gasteiger charge is 2.24. The maximum atomic E-state index is 6.17. The number of nitrogens with zero attached hydrogens (tertiary/aromatic N) is 1. The second kappa shape index (κ2) is 5.61. The van der Waals surface area contributed by atoms with Crippen LogP contribution in [0.1, 0.15) is 13.8 Å². The predicted octanol–water partition coefficient (Wildman–Crippen LogP) is 5.30. The van der Waals surface area contributed by atoms with Crippen molar-refractivity contribution in [1.82, 2.24) is 0 Å². The number of anilines is 1. The van der Waals surface area contributed by atoms with E-state index < -0.39 is 0 Å². The third kappa shape index (κ3) is 3.56. The Labute approximate surface area is 130 Å². The lowest BCUT2D eigenvalue weighted by atomic mass is 9.97. The summed E-state index contributed by atoms with van der Waals surface area (Å²) in [5.74, 6) is 1.03. The second-order valence-corrected chi connectivity index (χ2v) is 7.64. The lowest BCUT2D eigenvalue weighted by Gasteiger charge is -2.27. The molecule has 0 saturated carbocycles. The van der Waals surface area contributed by atoms with E-state index in [0.29, 0.717) is 15.7 Å². The molecule has 0 amide bonds. The van der Waals surface area contributed by atoms with Crippen LogP contribution in [0.25, 0.3) is 0 Å². The van der Waals surface area contributed by atoms with Crippen molar-refractivity contribution in [1.29, 1.82) is 0 Å². The summed E-state index contributed by atoms with van der Waals surface area (Å²) in [6.07, 6.45) is 0. The molecule has 1 aliphatic rings. The third-order valence-electron chi connectivity index (χ3n) is 2.49. The van der Waals surface area contributed by atoms with Crippen molar-refractivity contribution in [3.8, 4) is 0 Å². The Kier molecular flexibility index (Phi) is 4.52. The number of nitrogens with one attached hydrogen (secondary N) is 1. The molecule has 2 nitrogen and oxygen atoms in total. The zero-order chi connectivity index (χ0) is 13.3. The number of benzene rings is 1. The van der Waals surface area contributed by atoms with Crippen LogP contribution in [0.3, 0.4) is 0 Å². The van der Waals surface area contributed by atoms with E-state index in [-0.39, 0.29) is 5.41 Å². The lowest BCUT2D eigenvalue weighted by molar-refractivity contribution is 0.438. The summed E-state index contributed by atoms with van der Waals surface area (Å²) in [5, 5.41) is 5.26. The molecule has 18 heavy (non-hydrogen) atoms. The molecule has 0 atom stereocenters. The topological polar surface area (TPSA) is 24.4 Å². The van der Waals surface area contributed by atoms with Gasteiger partial charge in [-0.3, -0.25) is 4.99 Å². The van der Waals surface area contributed by atoms with Crippen molar-refractivity contribution in [3.63, 3.8) is 0 Å². The fourth-order valence-corrected chi connectivity index (χ4v) is 3.74. The fraction of sp³-hybridized carbons (Fsp3) is 0.417. The highest BCUT2D eigenvalue weighted by Crippen LogP contribution is 2.36. The van der Waals surface area contributed by atoms with Gasteiger partial charge in [0, 0.05) is 16.8 Å². The highest BCUT2D eigenvalue weighted by atomic mass is 79.9. The molecule has 1 heterocycles. The predicted molar refractivity (Wildman–Crippen MR) is 86.3 cm³/mol. The van der Waals surface area contributed by atoms with Gasteiger partial charge in [-0.25, -0.2) is 0 Å². The van der Waals surface area contributed by atoms with Crippen LogP contribution in [-0.4, -0.2) is 17.5 Å². The van der Waals surface area contributed by atoms with Crippen molar-refractivity contribution in [2.45, 2.75) is 13.8 Å². The van der Waals surface area contributed by atoms with Gasteiger partial charge in [-0.2, -0.15) is 0 Å². The Hall–Kier alpha value is 0.1000. The van der Waals surface area contributed by atoms with Gasteiger partial charge in [-0.15, -0.1) is 0 Å². The van der Waals surface area contributed by atoms with Crippen molar-refractivity contribution in [2.24, 2.45) is 10.4 Å². The maximum absolute atomic E-state index is 6.17. The van der Waals surface area contributed by atoms with Crippen LogP contribution < -0.4 is 5.32 Å². The number of hydrogen-bond donors (Lipinski definition) is 1. The van der Waals surface area contributed by atoms with Gasteiger partial charge in [-0.05, 0) is 17.5 Å². The fourth-order valence-electron chi connectivity index (χ4n) is 1.48. The molecule has 1 N–H and O–H groups in total. The molecule has 0 unspecified atom stereocenters. The summed E-state index contributed by atoms with van der Waals surface area (Å²) in [5.41, 5.74) is 0.968. The zero-order valence-corrected chi connectivity index (χ0v) is 14.0. The molecule has 6 heteroatoms. The molecule has 0 saturated heterocycles. The van der Waals surface area contributed by atoms with Crippen molar-refractivity contribution >= 4 is 61.7 Å². The molecule has 1 aromatic carbocycles. The van der Waals surface area contributed by atoms with E-state index in [1.165, 1.54) is 0 Å². The number of halogens is 3. The van der Waals surface area contributed by atoms with E-state index in [0.717, 1.165) is 21.9 Å². The molecule has 0 aromatic heterocycles. The number of aliphatic imine (C=N–C) groups is 1. The molecule has 1 aliphatic heterocycles. The largest absolute Gasteiger partial charge is 0.333 e. The third-order valence-corrected chi connectivity index (χ3v) is 4.97. The van der Waals surface area contributed by atoms with Crippen LogP contribution in [0.15, 0.2) is 21.6 Å². The van der Waals surface area contributed by atoms with Crippen LogP contribution in [-0.2, 0) is 0 Å². The van der Waals surface area contributed by atoms with E-state index in [1.807, 2.05) is 12.1 Å². The van der Waals surface area contributed by atoms with E-state index >= 15 is 0 Å². The molecule has 98 valence electrons. The van der Waals surface area contributed by atoms with E-state index in [9.17, 15) is 0 Å². The summed E-state index contributed by atoms with van der Waals surface area (Å²) < 4.78 is 0.863. The Bertz CT molecular complexity index is 480. The molecule has 0 spiro atoms. The smallest absolute Gasteiger partial charge is 0.161 e. The SMILES string of the molecule is CC1(C)CN=C(Nc2c(Cl)cc(Br)cc2Cl)SC1. The van der Waals surface area contributed by atoms with Crippen LogP contribution in [0.4, 0.5) is 5.69 Å². The van der Waals surface area contributed by atoms with Crippen molar-refractivity contribution < 1.29 is 0 Å². The summed E-state index contributed by atoms with van der Waals surface area (Å²) in [7, 11) is 0. The highest BCUT2D eigenvalue weighted by molar-refractivity contribution is 9.10. The number of amidine groups is 1. The van der Waals surface area contributed by atoms with Gasteiger partial charge in [0.15, 0.2) is 5.17 Å². The molecule has 0 aliphatic carbocycles. The number of hydrogen-bond acceptors (Lipinski definition) is 3. The Morgan fingerprint density at radius 2 is 1.94 bits per heavy atom. The Morgan fingerprint density at radius 1 is 1.33 bits per heavy atom. The van der Waals surface area contributed by atoms with E-state index in [2.05, 4.69) is 40.1 Å².